The van der Waals surface area contributed by atoms with Crippen LogP contribution < -0.4 is 5.32 Å². The zero-order chi connectivity index (χ0) is 27.9. The lowest BCUT2D eigenvalue weighted by molar-refractivity contribution is -0.393. The van der Waals surface area contributed by atoms with Crippen molar-refractivity contribution >= 4 is 34.2 Å². The first-order valence-electron chi connectivity index (χ1n) is 13.0. The third-order valence-corrected chi connectivity index (χ3v) is 18.1. The molecule has 2 aliphatic rings. The zero-order valence-electron chi connectivity index (χ0n) is 22.9. The SMILES string of the molecule is CC(C)[Si]1(C(C)C)OC[C@H]2C[C@@H](Nc3ccc([N+](=O)[O-])cc3[N+](=O)[O-])[C@H](F)[C@@H]2O[Si](C(C)C)(C(C)C)O1. The van der Waals surface area contributed by atoms with Crippen molar-refractivity contribution in [2.24, 2.45) is 5.92 Å². The second kappa shape index (κ2) is 11.0. The van der Waals surface area contributed by atoms with Crippen LogP contribution in [0.5, 0.6) is 0 Å². The molecule has 0 radical (unpaired) electrons. The number of halogens is 1. The number of non-ortho nitro benzene ring substituents is 1. The van der Waals surface area contributed by atoms with E-state index in [1.54, 1.807) is 0 Å². The van der Waals surface area contributed by atoms with E-state index in [0.29, 0.717) is 6.42 Å². The second-order valence-corrected chi connectivity index (χ2v) is 20.3. The maximum absolute atomic E-state index is 16.1. The molecule has 208 valence electrons. The van der Waals surface area contributed by atoms with Gasteiger partial charge in [-0.15, -0.1) is 0 Å². The van der Waals surface area contributed by atoms with Gasteiger partial charge >= 0.3 is 17.1 Å². The summed E-state index contributed by atoms with van der Waals surface area (Å²) < 4.78 is 36.7. The van der Waals surface area contributed by atoms with Gasteiger partial charge in [-0.1, -0.05) is 55.4 Å². The van der Waals surface area contributed by atoms with E-state index in [4.69, 9.17) is 13.0 Å². The maximum Gasteiger partial charge on any atom is 0.335 e. The summed E-state index contributed by atoms with van der Waals surface area (Å²) in [5, 5.41) is 25.7. The highest BCUT2D eigenvalue weighted by Gasteiger charge is 2.61. The number of fused-ring (bicyclic) bond motifs is 1. The molecule has 0 spiro atoms. The van der Waals surface area contributed by atoms with Crippen molar-refractivity contribution in [2.75, 3.05) is 11.9 Å². The van der Waals surface area contributed by atoms with Gasteiger partial charge < -0.3 is 18.3 Å². The van der Waals surface area contributed by atoms with Crippen molar-refractivity contribution in [2.45, 2.75) is 102 Å². The quantitative estimate of drug-likeness (QED) is 0.215. The van der Waals surface area contributed by atoms with E-state index in [9.17, 15) is 20.2 Å². The Morgan fingerprint density at radius 2 is 1.51 bits per heavy atom. The topological polar surface area (TPSA) is 126 Å². The smallest absolute Gasteiger partial charge is 0.335 e. The van der Waals surface area contributed by atoms with E-state index in [-0.39, 0.29) is 40.4 Å². The van der Waals surface area contributed by atoms with E-state index >= 15 is 4.39 Å². The highest BCUT2D eigenvalue weighted by atomic mass is 28.5. The molecular formula is C24H40FN3O7Si2. The number of hydrogen-bond donors (Lipinski definition) is 1. The summed E-state index contributed by atoms with van der Waals surface area (Å²) in [6.45, 7) is 17.1. The average Bonchev–Trinajstić information content (AvgIpc) is 3.06. The Labute approximate surface area is 220 Å². The Bertz CT molecular complexity index is 995. The molecule has 3 rings (SSSR count). The fourth-order valence-electron chi connectivity index (χ4n) is 5.81. The van der Waals surface area contributed by atoms with Gasteiger partial charge in [0.05, 0.1) is 28.1 Å². The Kier molecular flexibility index (Phi) is 8.84. The largest absolute Gasteiger partial charge is 0.414 e. The third-order valence-electron chi connectivity index (χ3n) is 7.83. The van der Waals surface area contributed by atoms with Crippen molar-refractivity contribution in [3.63, 3.8) is 0 Å². The number of nitrogens with zero attached hydrogens (tertiary/aromatic N) is 2. The van der Waals surface area contributed by atoms with E-state index in [0.717, 1.165) is 6.07 Å². The van der Waals surface area contributed by atoms with Crippen LogP contribution >= 0.6 is 0 Å². The van der Waals surface area contributed by atoms with Gasteiger partial charge in [0.15, 0.2) is 0 Å². The van der Waals surface area contributed by atoms with Crippen molar-refractivity contribution in [3.05, 3.63) is 38.4 Å². The minimum absolute atomic E-state index is 0.0407. The zero-order valence-corrected chi connectivity index (χ0v) is 24.9. The first-order valence-corrected chi connectivity index (χ1v) is 17.0. The van der Waals surface area contributed by atoms with Crippen LogP contribution in [0.1, 0.15) is 61.8 Å². The lowest BCUT2D eigenvalue weighted by atomic mass is 10.1. The molecule has 1 aromatic rings. The van der Waals surface area contributed by atoms with Crippen LogP contribution in [-0.4, -0.2) is 51.9 Å². The molecule has 10 nitrogen and oxygen atoms in total. The van der Waals surface area contributed by atoms with E-state index in [1.807, 2.05) is 0 Å². The first-order chi connectivity index (χ1) is 17.2. The predicted molar refractivity (Wildman–Crippen MR) is 144 cm³/mol. The fraction of sp³-hybridized carbons (Fsp3) is 0.750. The Morgan fingerprint density at radius 3 is 2.00 bits per heavy atom. The van der Waals surface area contributed by atoms with Gasteiger partial charge in [-0.05, 0) is 34.7 Å². The number of alkyl halides is 1. The predicted octanol–water partition coefficient (Wildman–Crippen LogP) is 6.60. The highest BCUT2D eigenvalue weighted by molar-refractivity contribution is 6.83. The van der Waals surface area contributed by atoms with Gasteiger partial charge in [0, 0.05) is 18.6 Å². The fourth-order valence-corrected chi connectivity index (χ4v) is 17.1. The number of nitro groups is 2. The number of hydrogen-bond acceptors (Lipinski definition) is 8. The van der Waals surface area contributed by atoms with Gasteiger partial charge in [-0.2, -0.15) is 0 Å². The molecule has 2 fully saturated rings. The minimum Gasteiger partial charge on any atom is -0.414 e. The van der Waals surface area contributed by atoms with Gasteiger partial charge in [0.25, 0.3) is 11.4 Å². The van der Waals surface area contributed by atoms with Crippen LogP contribution in [0.25, 0.3) is 0 Å². The summed E-state index contributed by atoms with van der Waals surface area (Å²) in [4.78, 5) is 21.3. The molecule has 1 saturated heterocycles. The van der Waals surface area contributed by atoms with Crippen LogP contribution in [0, 0.1) is 26.1 Å². The van der Waals surface area contributed by atoms with Crippen molar-refractivity contribution < 1.29 is 27.2 Å². The first kappa shape index (κ1) is 29.6. The number of nitrogens with one attached hydrogen (secondary N) is 1. The summed E-state index contributed by atoms with van der Waals surface area (Å²) in [5.41, 5.74) is -0.399. The molecule has 0 amide bonds. The monoisotopic (exact) mass is 557 g/mol. The summed E-state index contributed by atoms with van der Waals surface area (Å²) >= 11 is 0. The summed E-state index contributed by atoms with van der Waals surface area (Å²) in [6, 6.07) is 2.55. The van der Waals surface area contributed by atoms with E-state index < -0.39 is 56.7 Å². The molecule has 1 heterocycles. The lowest BCUT2D eigenvalue weighted by Crippen LogP contribution is -2.65. The minimum atomic E-state index is -2.99. The van der Waals surface area contributed by atoms with Crippen molar-refractivity contribution in [1.29, 1.82) is 0 Å². The molecule has 1 saturated carbocycles. The van der Waals surface area contributed by atoms with Gasteiger partial charge in [-0.3, -0.25) is 20.2 Å². The summed E-state index contributed by atoms with van der Waals surface area (Å²) in [6.07, 6.45) is -1.90. The van der Waals surface area contributed by atoms with Crippen LogP contribution in [0.3, 0.4) is 0 Å². The van der Waals surface area contributed by atoms with Crippen LogP contribution in [0.2, 0.25) is 22.2 Å². The van der Waals surface area contributed by atoms with Crippen molar-refractivity contribution in [1.82, 2.24) is 0 Å². The Hall–Kier alpha value is -1.94. The molecule has 1 aromatic carbocycles. The van der Waals surface area contributed by atoms with Crippen LogP contribution in [0.15, 0.2) is 18.2 Å². The molecule has 0 aromatic heterocycles. The Morgan fingerprint density at radius 1 is 0.946 bits per heavy atom. The molecule has 4 atom stereocenters. The molecule has 1 N–H and O–H groups in total. The van der Waals surface area contributed by atoms with Crippen LogP contribution in [0.4, 0.5) is 21.5 Å². The highest BCUT2D eigenvalue weighted by Crippen LogP contribution is 2.49. The molecule has 13 heteroatoms. The van der Waals surface area contributed by atoms with Crippen LogP contribution in [-0.2, 0) is 13.0 Å². The summed E-state index contributed by atoms with van der Waals surface area (Å²) in [7, 11) is -5.75. The van der Waals surface area contributed by atoms with E-state index in [2.05, 4.69) is 60.7 Å². The second-order valence-electron chi connectivity index (χ2n) is 11.5. The molecule has 0 bridgehead atoms. The lowest BCUT2D eigenvalue weighted by Gasteiger charge is -2.51. The van der Waals surface area contributed by atoms with Crippen molar-refractivity contribution in [3.8, 4) is 0 Å². The molecule has 1 aliphatic heterocycles. The molecule has 0 unspecified atom stereocenters. The van der Waals surface area contributed by atoms with Gasteiger partial charge in [-0.25, -0.2) is 4.39 Å². The third kappa shape index (κ3) is 5.46. The molecule has 1 aliphatic carbocycles. The number of benzene rings is 1. The number of nitro benzene ring substituents is 2. The van der Waals surface area contributed by atoms with Gasteiger partial charge in [0.1, 0.15) is 11.9 Å². The van der Waals surface area contributed by atoms with E-state index in [1.165, 1.54) is 12.1 Å². The maximum atomic E-state index is 16.1. The Balaban J connectivity index is 1.99. The molecule has 37 heavy (non-hydrogen) atoms. The normalized spacial score (nSPS) is 27.3. The number of rotatable bonds is 8. The average molecular weight is 558 g/mol. The summed E-state index contributed by atoms with van der Waals surface area (Å²) in [5.74, 6) is -0.262. The van der Waals surface area contributed by atoms with Gasteiger partial charge in [0.2, 0.25) is 0 Å². The molecular weight excluding hydrogens is 517 g/mol. The number of anilines is 1. The standard InChI is InChI=1S/C24H40FN3O7Si2/c1-14(2)36(15(3)4)33-13-18-11-21(23(25)24(18)34-37(35-36,16(5)6)17(7)8)26-20-10-9-19(27(29)30)12-22(20)28(31)32/h9-10,12,14-18,21,23-24,26H,11,13H2,1-8H3/t18-,21-,23+,24-/m1/s1.